The molecule has 1 N–H and O–H groups in total. The Morgan fingerprint density at radius 1 is 1.27 bits per heavy atom. The monoisotopic (exact) mass is 203 g/mol. The van der Waals surface area contributed by atoms with E-state index in [2.05, 4.69) is 27.3 Å². The number of nitrogens with one attached hydrogen (secondary N) is 1. The van der Waals surface area contributed by atoms with E-state index < -0.39 is 0 Å². The van der Waals surface area contributed by atoms with Crippen molar-refractivity contribution in [3.8, 4) is 0 Å². The molecule has 3 nitrogen and oxygen atoms in total. The summed E-state index contributed by atoms with van der Waals surface area (Å²) < 4.78 is 0. The molecular formula is C12H17N3. The number of fused-ring (bicyclic) bond motifs is 1. The second-order valence-electron chi connectivity index (χ2n) is 4.53. The van der Waals surface area contributed by atoms with Crippen molar-refractivity contribution in [2.45, 2.75) is 18.9 Å². The van der Waals surface area contributed by atoms with Crippen molar-refractivity contribution in [2.24, 2.45) is 5.92 Å². The van der Waals surface area contributed by atoms with Crippen molar-refractivity contribution < 1.29 is 0 Å². The minimum absolute atomic E-state index is 0.709. The SMILES string of the molecule is c1cc(N2CCCC3CNCC32)ccn1. The molecule has 0 saturated carbocycles. The van der Waals surface area contributed by atoms with Crippen LogP contribution in [0.4, 0.5) is 5.69 Å². The average Bonchev–Trinajstić information content (AvgIpc) is 2.78. The van der Waals surface area contributed by atoms with Crippen LogP contribution in [-0.4, -0.2) is 30.7 Å². The van der Waals surface area contributed by atoms with E-state index >= 15 is 0 Å². The van der Waals surface area contributed by atoms with Gasteiger partial charge < -0.3 is 10.2 Å². The van der Waals surface area contributed by atoms with Crippen LogP contribution >= 0.6 is 0 Å². The van der Waals surface area contributed by atoms with Crippen LogP contribution in [0.15, 0.2) is 24.5 Å². The van der Waals surface area contributed by atoms with Crippen LogP contribution in [0.1, 0.15) is 12.8 Å². The van der Waals surface area contributed by atoms with Crippen molar-refractivity contribution in [1.82, 2.24) is 10.3 Å². The van der Waals surface area contributed by atoms with Gasteiger partial charge in [-0.05, 0) is 30.9 Å². The number of aromatic nitrogens is 1. The van der Waals surface area contributed by atoms with Gasteiger partial charge in [0.25, 0.3) is 0 Å². The standard InChI is InChI=1S/C12H17N3/c1-2-10-8-14-9-12(10)15(7-1)11-3-5-13-6-4-11/h3-6,10,12,14H,1-2,7-9H2. The highest BCUT2D eigenvalue weighted by Crippen LogP contribution is 2.30. The third-order valence-corrected chi connectivity index (χ3v) is 3.67. The molecule has 3 heterocycles. The number of piperidine rings is 1. The van der Waals surface area contributed by atoms with E-state index in [0.717, 1.165) is 12.5 Å². The van der Waals surface area contributed by atoms with E-state index in [1.165, 1.54) is 31.6 Å². The predicted molar refractivity (Wildman–Crippen MR) is 61.0 cm³/mol. The van der Waals surface area contributed by atoms with Crippen molar-refractivity contribution >= 4 is 5.69 Å². The zero-order chi connectivity index (χ0) is 10.1. The Morgan fingerprint density at radius 3 is 3.00 bits per heavy atom. The average molecular weight is 203 g/mol. The lowest BCUT2D eigenvalue weighted by molar-refractivity contribution is 0.385. The summed E-state index contributed by atoms with van der Waals surface area (Å²) in [6.07, 6.45) is 6.49. The summed E-state index contributed by atoms with van der Waals surface area (Å²) in [6, 6.07) is 4.96. The van der Waals surface area contributed by atoms with Gasteiger partial charge in [0.05, 0.1) is 0 Å². The molecule has 3 heteroatoms. The van der Waals surface area contributed by atoms with Crippen LogP contribution < -0.4 is 10.2 Å². The van der Waals surface area contributed by atoms with E-state index in [-0.39, 0.29) is 0 Å². The maximum atomic E-state index is 4.08. The predicted octanol–water partition coefficient (Wildman–Crippen LogP) is 1.27. The lowest BCUT2D eigenvalue weighted by atomic mass is 9.92. The molecule has 0 amide bonds. The lowest BCUT2D eigenvalue weighted by Gasteiger charge is -2.38. The Kier molecular flexibility index (Phi) is 2.33. The van der Waals surface area contributed by atoms with E-state index in [9.17, 15) is 0 Å². The van der Waals surface area contributed by atoms with Crippen molar-refractivity contribution in [3.63, 3.8) is 0 Å². The Morgan fingerprint density at radius 2 is 2.13 bits per heavy atom. The van der Waals surface area contributed by atoms with Crippen LogP contribution in [0.3, 0.4) is 0 Å². The van der Waals surface area contributed by atoms with E-state index in [4.69, 9.17) is 0 Å². The second-order valence-corrected chi connectivity index (χ2v) is 4.53. The molecule has 2 aliphatic heterocycles. The Bertz CT molecular complexity index is 325. The Labute approximate surface area is 90.5 Å². The van der Waals surface area contributed by atoms with E-state index in [1.54, 1.807) is 0 Å². The number of anilines is 1. The molecule has 0 aromatic carbocycles. The molecule has 15 heavy (non-hydrogen) atoms. The first-order chi connectivity index (χ1) is 7.45. The molecule has 0 radical (unpaired) electrons. The molecule has 1 aromatic heterocycles. The summed E-state index contributed by atoms with van der Waals surface area (Å²) in [7, 11) is 0. The Balaban J connectivity index is 1.85. The zero-order valence-corrected chi connectivity index (χ0v) is 8.89. The van der Waals surface area contributed by atoms with Crippen LogP contribution in [0, 0.1) is 5.92 Å². The van der Waals surface area contributed by atoms with Gasteiger partial charge in [0.1, 0.15) is 0 Å². The van der Waals surface area contributed by atoms with Gasteiger partial charge in [-0.1, -0.05) is 0 Å². The molecular weight excluding hydrogens is 186 g/mol. The highest BCUT2D eigenvalue weighted by molar-refractivity contribution is 5.47. The summed E-state index contributed by atoms with van der Waals surface area (Å²) in [5.74, 6) is 0.854. The van der Waals surface area contributed by atoms with Gasteiger partial charge in [0.2, 0.25) is 0 Å². The van der Waals surface area contributed by atoms with E-state index in [1.807, 2.05) is 12.4 Å². The quantitative estimate of drug-likeness (QED) is 0.745. The normalized spacial score (nSPS) is 30.3. The molecule has 3 rings (SSSR count). The minimum atomic E-state index is 0.709. The maximum absolute atomic E-state index is 4.08. The van der Waals surface area contributed by atoms with Crippen LogP contribution in [0.25, 0.3) is 0 Å². The fraction of sp³-hybridized carbons (Fsp3) is 0.583. The molecule has 1 aromatic rings. The van der Waals surface area contributed by atoms with Gasteiger partial charge in [-0.3, -0.25) is 4.98 Å². The maximum Gasteiger partial charge on any atom is 0.0454 e. The zero-order valence-electron chi connectivity index (χ0n) is 8.89. The first-order valence-electron chi connectivity index (χ1n) is 5.82. The number of rotatable bonds is 1. The third-order valence-electron chi connectivity index (χ3n) is 3.67. The summed E-state index contributed by atoms with van der Waals surface area (Å²) in [6.45, 7) is 3.55. The van der Waals surface area contributed by atoms with Crippen LogP contribution in [0.2, 0.25) is 0 Å². The van der Waals surface area contributed by atoms with Gasteiger partial charge >= 0.3 is 0 Å². The molecule has 2 saturated heterocycles. The summed E-state index contributed by atoms with van der Waals surface area (Å²) in [5, 5.41) is 3.51. The highest BCUT2D eigenvalue weighted by Gasteiger charge is 2.34. The van der Waals surface area contributed by atoms with Crippen LogP contribution in [0.5, 0.6) is 0 Å². The smallest absolute Gasteiger partial charge is 0.0454 e. The number of hydrogen-bond donors (Lipinski definition) is 1. The summed E-state index contributed by atoms with van der Waals surface area (Å²) in [5.41, 5.74) is 1.34. The fourth-order valence-electron chi connectivity index (χ4n) is 2.92. The number of hydrogen-bond acceptors (Lipinski definition) is 3. The first-order valence-corrected chi connectivity index (χ1v) is 5.82. The topological polar surface area (TPSA) is 28.2 Å². The van der Waals surface area contributed by atoms with Gasteiger partial charge in [0.15, 0.2) is 0 Å². The summed E-state index contributed by atoms with van der Waals surface area (Å²) in [4.78, 5) is 6.63. The largest absolute Gasteiger partial charge is 0.367 e. The van der Waals surface area contributed by atoms with Crippen LogP contribution in [-0.2, 0) is 0 Å². The van der Waals surface area contributed by atoms with Gasteiger partial charge in [-0.15, -0.1) is 0 Å². The molecule has 2 atom stereocenters. The van der Waals surface area contributed by atoms with Crippen molar-refractivity contribution in [1.29, 1.82) is 0 Å². The van der Waals surface area contributed by atoms with Gasteiger partial charge in [-0.2, -0.15) is 0 Å². The van der Waals surface area contributed by atoms with E-state index in [0.29, 0.717) is 6.04 Å². The third kappa shape index (κ3) is 1.61. The molecule has 2 aliphatic rings. The number of pyridine rings is 1. The number of nitrogens with zero attached hydrogens (tertiary/aromatic N) is 2. The molecule has 0 bridgehead atoms. The van der Waals surface area contributed by atoms with Gasteiger partial charge in [-0.25, -0.2) is 0 Å². The fourth-order valence-corrected chi connectivity index (χ4v) is 2.92. The highest BCUT2D eigenvalue weighted by atomic mass is 15.2. The van der Waals surface area contributed by atoms with Gasteiger partial charge in [0, 0.05) is 43.8 Å². The minimum Gasteiger partial charge on any atom is -0.367 e. The molecule has 2 unspecified atom stereocenters. The van der Waals surface area contributed by atoms with Crippen molar-refractivity contribution in [3.05, 3.63) is 24.5 Å². The lowest BCUT2D eigenvalue weighted by Crippen LogP contribution is -2.45. The molecule has 80 valence electrons. The molecule has 2 fully saturated rings. The summed E-state index contributed by atoms with van der Waals surface area (Å²) >= 11 is 0. The first kappa shape index (κ1) is 9.16. The molecule has 0 spiro atoms. The molecule has 0 aliphatic carbocycles. The Hall–Kier alpha value is -1.09. The van der Waals surface area contributed by atoms with Crippen molar-refractivity contribution in [2.75, 3.05) is 24.5 Å². The second kappa shape index (κ2) is 3.81.